The Kier molecular flexibility index (Phi) is 4.55. The summed E-state index contributed by atoms with van der Waals surface area (Å²) in [6.45, 7) is 6.70. The average molecular weight is 347 g/mol. The molecule has 2 heterocycles. The Hall–Kier alpha value is -0.430. The van der Waals surface area contributed by atoms with Crippen LogP contribution in [0.5, 0.6) is 0 Å². The predicted octanol–water partition coefficient (Wildman–Crippen LogP) is 2.58. The molecule has 94 valence electrons. The Morgan fingerprint density at radius 2 is 2.24 bits per heavy atom. The number of aromatic nitrogens is 2. The van der Waals surface area contributed by atoms with Crippen molar-refractivity contribution in [2.45, 2.75) is 32.6 Å². The zero-order valence-corrected chi connectivity index (χ0v) is 12.5. The summed E-state index contributed by atoms with van der Waals surface area (Å²) in [6, 6.07) is 0. The number of rotatable bonds is 4. The molecule has 17 heavy (non-hydrogen) atoms. The van der Waals surface area contributed by atoms with E-state index in [4.69, 9.17) is 4.74 Å². The zero-order chi connectivity index (χ0) is 12.3. The fraction of sp³-hybridized carbons (Fsp3) is 0.667. The normalized spacial score (nSPS) is 19.6. The molecule has 5 heteroatoms. The lowest BCUT2D eigenvalue weighted by Crippen LogP contribution is -2.12. The minimum Gasteiger partial charge on any atom is -0.381 e. The van der Waals surface area contributed by atoms with Gasteiger partial charge in [-0.25, -0.2) is 9.97 Å². The molecule has 1 aliphatic rings. The van der Waals surface area contributed by atoms with Crippen LogP contribution in [0.3, 0.4) is 0 Å². The van der Waals surface area contributed by atoms with E-state index in [1.165, 1.54) is 0 Å². The third-order valence-corrected chi connectivity index (χ3v) is 4.04. The minimum atomic E-state index is 0.370. The van der Waals surface area contributed by atoms with Crippen molar-refractivity contribution >= 4 is 28.4 Å². The quantitative estimate of drug-likeness (QED) is 0.851. The standard InChI is InChI=1S/C12H18IN3O/c1-3-9-10(13)12(14-4-2)16-11(15-9)8-5-6-17-7-8/h8H,3-7H2,1-2H3,(H,14,15,16). The Morgan fingerprint density at radius 1 is 1.41 bits per heavy atom. The average Bonchev–Trinajstić information content (AvgIpc) is 2.85. The maximum absolute atomic E-state index is 5.41. The monoisotopic (exact) mass is 347 g/mol. The Morgan fingerprint density at radius 3 is 2.82 bits per heavy atom. The number of anilines is 1. The molecule has 2 rings (SSSR count). The summed E-state index contributed by atoms with van der Waals surface area (Å²) < 4.78 is 6.56. The van der Waals surface area contributed by atoms with E-state index >= 15 is 0 Å². The van der Waals surface area contributed by atoms with Crippen LogP contribution in [0.15, 0.2) is 0 Å². The number of halogens is 1. The highest BCUT2D eigenvalue weighted by Gasteiger charge is 2.22. The van der Waals surface area contributed by atoms with Crippen LogP contribution < -0.4 is 5.32 Å². The second-order valence-electron chi connectivity index (χ2n) is 4.14. The van der Waals surface area contributed by atoms with Gasteiger partial charge in [0.05, 0.1) is 15.9 Å². The van der Waals surface area contributed by atoms with Gasteiger partial charge >= 0.3 is 0 Å². The van der Waals surface area contributed by atoms with Crippen molar-refractivity contribution in [1.29, 1.82) is 0 Å². The summed E-state index contributed by atoms with van der Waals surface area (Å²) in [6.07, 6.45) is 1.98. The number of hydrogen-bond acceptors (Lipinski definition) is 4. The van der Waals surface area contributed by atoms with Gasteiger partial charge in [0.15, 0.2) is 0 Å². The fourth-order valence-electron chi connectivity index (χ4n) is 1.95. The highest BCUT2D eigenvalue weighted by Crippen LogP contribution is 2.27. The molecule has 0 aliphatic carbocycles. The van der Waals surface area contributed by atoms with Crippen molar-refractivity contribution in [2.75, 3.05) is 25.1 Å². The summed E-state index contributed by atoms with van der Waals surface area (Å²) in [4.78, 5) is 9.32. The molecule has 1 unspecified atom stereocenters. The second kappa shape index (κ2) is 5.95. The van der Waals surface area contributed by atoms with E-state index in [0.717, 1.165) is 53.5 Å². The first kappa shape index (κ1) is 13.0. The van der Waals surface area contributed by atoms with Gasteiger partial charge in [-0.05, 0) is 42.4 Å². The molecule has 1 N–H and O–H groups in total. The van der Waals surface area contributed by atoms with Gasteiger partial charge in [0.2, 0.25) is 0 Å². The molecular formula is C12H18IN3O. The van der Waals surface area contributed by atoms with Crippen molar-refractivity contribution in [2.24, 2.45) is 0 Å². The van der Waals surface area contributed by atoms with Crippen molar-refractivity contribution in [3.63, 3.8) is 0 Å². The van der Waals surface area contributed by atoms with Crippen LogP contribution in [0.4, 0.5) is 5.82 Å². The maximum atomic E-state index is 5.41. The minimum absolute atomic E-state index is 0.370. The molecule has 4 nitrogen and oxygen atoms in total. The third kappa shape index (κ3) is 2.88. The molecule has 0 saturated carbocycles. The van der Waals surface area contributed by atoms with E-state index in [-0.39, 0.29) is 0 Å². The molecule has 1 saturated heterocycles. The van der Waals surface area contributed by atoms with Gasteiger partial charge in [-0.3, -0.25) is 0 Å². The van der Waals surface area contributed by atoms with Gasteiger partial charge in [0.25, 0.3) is 0 Å². The first-order valence-electron chi connectivity index (χ1n) is 6.14. The Bertz CT molecular complexity index is 392. The number of hydrogen-bond donors (Lipinski definition) is 1. The van der Waals surface area contributed by atoms with Gasteiger partial charge in [0.1, 0.15) is 11.6 Å². The lowest BCUT2D eigenvalue weighted by atomic mass is 10.1. The highest BCUT2D eigenvalue weighted by molar-refractivity contribution is 14.1. The number of ether oxygens (including phenoxy) is 1. The van der Waals surface area contributed by atoms with Crippen LogP contribution in [0, 0.1) is 3.57 Å². The SMILES string of the molecule is CCNc1nc(C2CCOC2)nc(CC)c1I. The van der Waals surface area contributed by atoms with Crippen molar-refractivity contribution in [1.82, 2.24) is 9.97 Å². The van der Waals surface area contributed by atoms with Crippen LogP contribution in [-0.4, -0.2) is 29.7 Å². The lowest BCUT2D eigenvalue weighted by molar-refractivity contribution is 0.193. The van der Waals surface area contributed by atoms with Crippen LogP contribution in [0.25, 0.3) is 0 Å². The summed E-state index contributed by atoms with van der Waals surface area (Å²) >= 11 is 2.33. The number of nitrogens with one attached hydrogen (secondary N) is 1. The molecule has 0 radical (unpaired) electrons. The molecule has 1 aromatic heterocycles. The van der Waals surface area contributed by atoms with Gasteiger partial charge in [-0.1, -0.05) is 6.92 Å². The van der Waals surface area contributed by atoms with Crippen molar-refractivity contribution in [3.05, 3.63) is 15.1 Å². The Balaban J connectivity index is 2.35. The molecule has 1 fully saturated rings. The van der Waals surface area contributed by atoms with Gasteiger partial charge in [-0.15, -0.1) is 0 Å². The molecule has 0 bridgehead atoms. The summed E-state index contributed by atoms with van der Waals surface area (Å²) in [5, 5.41) is 3.31. The topological polar surface area (TPSA) is 47.0 Å². The van der Waals surface area contributed by atoms with E-state index < -0.39 is 0 Å². The maximum Gasteiger partial charge on any atom is 0.143 e. The molecular weight excluding hydrogens is 329 g/mol. The molecule has 1 atom stereocenters. The number of nitrogens with zero attached hydrogens (tertiary/aromatic N) is 2. The van der Waals surface area contributed by atoms with Crippen molar-refractivity contribution in [3.8, 4) is 0 Å². The molecule has 0 amide bonds. The van der Waals surface area contributed by atoms with E-state index in [2.05, 4.69) is 51.7 Å². The third-order valence-electron chi connectivity index (χ3n) is 2.91. The van der Waals surface area contributed by atoms with Crippen LogP contribution >= 0.6 is 22.6 Å². The first-order valence-corrected chi connectivity index (χ1v) is 7.22. The summed E-state index contributed by atoms with van der Waals surface area (Å²) in [7, 11) is 0. The fourth-order valence-corrected chi connectivity index (χ4v) is 2.77. The van der Waals surface area contributed by atoms with E-state index in [9.17, 15) is 0 Å². The first-order chi connectivity index (χ1) is 8.26. The van der Waals surface area contributed by atoms with Gasteiger partial charge in [-0.2, -0.15) is 0 Å². The molecule has 1 aromatic rings. The highest BCUT2D eigenvalue weighted by atomic mass is 127. The van der Waals surface area contributed by atoms with E-state index in [1.807, 2.05) is 0 Å². The molecule has 1 aliphatic heterocycles. The van der Waals surface area contributed by atoms with E-state index in [0.29, 0.717) is 5.92 Å². The Labute approximate surface area is 116 Å². The summed E-state index contributed by atoms with van der Waals surface area (Å²) in [5.41, 5.74) is 1.14. The molecule has 0 aromatic carbocycles. The summed E-state index contributed by atoms with van der Waals surface area (Å²) in [5.74, 6) is 2.28. The van der Waals surface area contributed by atoms with Crippen LogP contribution in [-0.2, 0) is 11.2 Å². The van der Waals surface area contributed by atoms with Gasteiger partial charge in [0, 0.05) is 19.1 Å². The lowest BCUT2D eigenvalue weighted by Gasteiger charge is -2.13. The zero-order valence-electron chi connectivity index (χ0n) is 10.3. The van der Waals surface area contributed by atoms with Gasteiger partial charge < -0.3 is 10.1 Å². The molecule has 0 spiro atoms. The van der Waals surface area contributed by atoms with Crippen LogP contribution in [0.2, 0.25) is 0 Å². The van der Waals surface area contributed by atoms with Crippen molar-refractivity contribution < 1.29 is 4.74 Å². The predicted molar refractivity (Wildman–Crippen MR) is 76.5 cm³/mol. The number of aryl methyl sites for hydroxylation is 1. The van der Waals surface area contributed by atoms with Crippen LogP contribution in [0.1, 0.15) is 37.7 Å². The second-order valence-corrected chi connectivity index (χ2v) is 5.21. The van der Waals surface area contributed by atoms with E-state index in [1.54, 1.807) is 0 Å². The smallest absolute Gasteiger partial charge is 0.143 e. The largest absolute Gasteiger partial charge is 0.381 e.